The first-order chi connectivity index (χ1) is 12.1. The van der Waals surface area contributed by atoms with Gasteiger partial charge in [-0.25, -0.2) is 0 Å². The number of benzene rings is 3. The van der Waals surface area contributed by atoms with Gasteiger partial charge in [0.05, 0.1) is 0 Å². The number of likely N-dealkylation sites (N-methyl/N-ethyl adjacent to an activating group) is 1. The van der Waals surface area contributed by atoms with E-state index in [2.05, 4.69) is 5.32 Å². The molecule has 2 amide bonds. The summed E-state index contributed by atoms with van der Waals surface area (Å²) in [6.45, 7) is 4.23. The maximum atomic E-state index is 12.6. The van der Waals surface area contributed by atoms with Gasteiger partial charge in [0, 0.05) is 23.3 Å². The molecule has 0 aliphatic carbocycles. The van der Waals surface area contributed by atoms with Crippen LogP contribution < -0.4 is 10.2 Å². The Bertz CT molecular complexity index is 929. The van der Waals surface area contributed by atoms with Crippen molar-refractivity contribution in [3.05, 3.63) is 72.3 Å². The highest BCUT2D eigenvalue weighted by Gasteiger charge is 2.22. The van der Waals surface area contributed by atoms with Gasteiger partial charge in [0.1, 0.15) is 0 Å². The zero-order chi connectivity index (χ0) is 17.8. The fraction of sp³-hybridized carbons (Fsp3) is 0.143. The number of nitrogens with zero attached hydrogens (tertiary/aromatic N) is 1. The minimum Gasteiger partial charge on any atom is -0.317 e. The van der Waals surface area contributed by atoms with E-state index in [1.165, 1.54) is 4.90 Å². The normalized spacial score (nSPS) is 10.5. The van der Waals surface area contributed by atoms with Gasteiger partial charge < -0.3 is 10.2 Å². The number of hydrogen-bond donors (Lipinski definition) is 1. The lowest BCUT2D eigenvalue weighted by atomic mass is 10.1. The smallest absolute Gasteiger partial charge is 0.316 e. The topological polar surface area (TPSA) is 49.4 Å². The van der Waals surface area contributed by atoms with Crippen molar-refractivity contribution in [2.45, 2.75) is 13.8 Å². The Morgan fingerprint density at radius 2 is 1.68 bits per heavy atom. The molecule has 3 aromatic carbocycles. The summed E-state index contributed by atoms with van der Waals surface area (Å²) in [5.41, 5.74) is 2.40. The average Bonchev–Trinajstić information content (AvgIpc) is 2.62. The molecule has 1 N–H and O–H groups in total. The third-order valence-corrected chi connectivity index (χ3v) is 4.11. The fourth-order valence-electron chi connectivity index (χ4n) is 2.87. The maximum absolute atomic E-state index is 12.6. The number of fused-ring (bicyclic) bond motifs is 1. The van der Waals surface area contributed by atoms with E-state index in [0.29, 0.717) is 12.2 Å². The molecule has 0 bridgehead atoms. The Hall–Kier alpha value is -3.14. The van der Waals surface area contributed by atoms with Crippen molar-refractivity contribution in [2.75, 3.05) is 16.8 Å². The number of rotatable bonds is 3. The van der Waals surface area contributed by atoms with Crippen molar-refractivity contribution in [3.63, 3.8) is 0 Å². The minimum atomic E-state index is -0.639. The van der Waals surface area contributed by atoms with E-state index in [1.807, 2.05) is 74.5 Å². The summed E-state index contributed by atoms with van der Waals surface area (Å²) < 4.78 is 0. The molecule has 25 heavy (non-hydrogen) atoms. The molecule has 0 aromatic heterocycles. The predicted octanol–water partition coefficient (Wildman–Crippen LogP) is 4.14. The van der Waals surface area contributed by atoms with Crippen LogP contribution in [0.15, 0.2) is 66.7 Å². The van der Waals surface area contributed by atoms with E-state index in [-0.39, 0.29) is 0 Å². The van der Waals surface area contributed by atoms with E-state index in [1.54, 1.807) is 6.07 Å². The van der Waals surface area contributed by atoms with Crippen LogP contribution in [0.25, 0.3) is 10.8 Å². The predicted molar refractivity (Wildman–Crippen MR) is 102 cm³/mol. The number of nitrogens with one attached hydrogen (secondary N) is 1. The minimum absolute atomic E-state index is 0.422. The van der Waals surface area contributed by atoms with Crippen LogP contribution >= 0.6 is 0 Å². The second-order valence-electron chi connectivity index (χ2n) is 5.87. The molecular weight excluding hydrogens is 312 g/mol. The first-order valence-corrected chi connectivity index (χ1v) is 8.27. The third kappa shape index (κ3) is 3.53. The molecule has 126 valence electrons. The fourth-order valence-corrected chi connectivity index (χ4v) is 2.87. The molecule has 0 fully saturated rings. The zero-order valence-corrected chi connectivity index (χ0v) is 14.3. The highest BCUT2D eigenvalue weighted by molar-refractivity contribution is 6.44. The van der Waals surface area contributed by atoms with Gasteiger partial charge in [-0.2, -0.15) is 0 Å². The molecule has 0 unspecified atom stereocenters. The molecule has 0 atom stereocenters. The first kappa shape index (κ1) is 16.7. The summed E-state index contributed by atoms with van der Waals surface area (Å²) in [5, 5.41) is 4.67. The number of anilines is 2. The summed E-state index contributed by atoms with van der Waals surface area (Å²) in [5.74, 6) is -1.21. The van der Waals surface area contributed by atoms with Crippen molar-refractivity contribution >= 4 is 34.0 Å². The van der Waals surface area contributed by atoms with Crippen LogP contribution in [0.1, 0.15) is 12.5 Å². The van der Waals surface area contributed by atoms with Gasteiger partial charge in [-0.1, -0.05) is 48.5 Å². The Labute approximate surface area is 147 Å². The van der Waals surface area contributed by atoms with E-state index >= 15 is 0 Å². The Balaban J connectivity index is 1.85. The Morgan fingerprint density at radius 1 is 0.960 bits per heavy atom. The first-order valence-electron chi connectivity index (χ1n) is 8.27. The summed E-state index contributed by atoms with van der Waals surface area (Å²) in [4.78, 5) is 26.6. The molecule has 0 aliphatic rings. The molecular formula is C21H20N2O2. The largest absolute Gasteiger partial charge is 0.317 e. The lowest BCUT2D eigenvalue weighted by Crippen LogP contribution is -2.39. The Kier molecular flexibility index (Phi) is 4.80. The molecule has 0 aliphatic heterocycles. The SMILES string of the molecule is CCN(C(=O)C(=O)Nc1cccc2ccccc12)c1cccc(C)c1. The van der Waals surface area contributed by atoms with Crippen molar-refractivity contribution in [2.24, 2.45) is 0 Å². The molecule has 0 spiro atoms. The van der Waals surface area contributed by atoms with E-state index in [0.717, 1.165) is 22.0 Å². The molecule has 0 saturated heterocycles. The summed E-state index contributed by atoms with van der Waals surface area (Å²) >= 11 is 0. The van der Waals surface area contributed by atoms with Crippen LogP contribution in [0.3, 0.4) is 0 Å². The molecule has 3 rings (SSSR count). The van der Waals surface area contributed by atoms with Crippen molar-refractivity contribution < 1.29 is 9.59 Å². The van der Waals surface area contributed by atoms with Gasteiger partial charge in [0.25, 0.3) is 0 Å². The summed E-state index contributed by atoms with van der Waals surface area (Å²) in [6.07, 6.45) is 0. The van der Waals surface area contributed by atoms with Crippen LogP contribution in [0, 0.1) is 6.92 Å². The third-order valence-electron chi connectivity index (χ3n) is 4.11. The van der Waals surface area contributed by atoms with Crippen molar-refractivity contribution in [1.29, 1.82) is 0 Å². The average molecular weight is 332 g/mol. The number of carbonyl (C=O) groups excluding carboxylic acids is 2. The van der Waals surface area contributed by atoms with Gasteiger partial charge in [0.15, 0.2) is 0 Å². The molecule has 3 aromatic rings. The standard InChI is InChI=1S/C21H20N2O2/c1-3-23(17-11-6-8-15(2)14-17)21(25)20(24)22-19-13-7-10-16-9-4-5-12-18(16)19/h4-14H,3H2,1-2H3,(H,22,24). The number of hydrogen-bond acceptors (Lipinski definition) is 2. The lowest BCUT2D eigenvalue weighted by Gasteiger charge is -2.21. The van der Waals surface area contributed by atoms with Crippen LogP contribution in [-0.2, 0) is 9.59 Å². The Morgan fingerprint density at radius 3 is 2.44 bits per heavy atom. The van der Waals surface area contributed by atoms with E-state index in [9.17, 15) is 9.59 Å². The number of carbonyl (C=O) groups is 2. The molecule has 4 nitrogen and oxygen atoms in total. The molecule has 0 radical (unpaired) electrons. The lowest BCUT2D eigenvalue weighted by molar-refractivity contribution is -0.134. The van der Waals surface area contributed by atoms with Gasteiger partial charge in [-0.05, 0) is 43.0 Å². The van der Waals surface area contributed by atoms with E-state index in [4.69, 9.17) is 0 Å². The van der Waals surface area contributed by atoms with Crippen LogP contribution in [0.2, 0.25) is 0 Å². The van der Waals surface area contributed by atoms with Crippen LogP contribution in [0.5, 0.6) is 0 Å². The number of aryl methyl sites for hydroxylation is 1. The summed E-state index contributed by atoms with van der Waals surface area (Å²) in [6, 6.07) is 20.9. The molecule has 0 saturated carbocycles. The summed E-state index contributed by atoms with van der Waals surface area (Å²) in [7, 11) is 0. The van der Waals surface area contributed by atoms with Gasteiger partial charge in [-0.15, -0.1) is 0 Å². The highest BCUT2D eigenvalue weighted by Crippen LogP contribution is 2.23. The second kappa shape index (κ2) is 7.18. The van der Waals surface area contributed by atoms with Gasteiger partial charge in [-0.3, -0.25) is 9.59 Å². The van der Waals surface area contributed by atoms with Gasteiger partial charge in [0.2, 0.25) is 0 Å². The van der Waals surface area contributed by atoms with E-state index < -0.39 is 11.8 Å². The second-order valence-corrected chi connectivity index (χ2v) is 5.87. The monoisotopic (exact) mass is 332 g/mol. The molecule has 0 heterocycles. The maximum Gasteiger partial charge on any atom is 0.316 e. The van der Waals surface area contributed by atoms with Gasteiger partial charge >= 0.3 is 11.8 Å². The van der Waals surface area contributed by atoms with Crippen LogP contribution in [-0.4, -0.2) is 18.4 Å². The number of amides is 2. The quantitative estimate of drug-likeness (QED) is 0.733. The molecule has 4 heteroatoms. The van der Waals surface area contributed by atoms with Crippen LogP contribution in [0.4, 0.5) is 11.4 Å². The van der Waals surface area contributed by atoms with Crippen molar-refractivity contribution in [1.82, 2.24) is 0 Å². The van der Waals surface area contributed by atoms with Crippen molar-refractivity contribution in [3.8, 4) is 0 Å². The zero-order valence-electron chi connectivity index (χ0n) is 14.3. The highest BCUT2D eigenvalue weighted by atomic mass is 16.2.